The lowest BCUT2D eigenvalue weighted by Gasteiger charge is -2.07. The van der Waals surface area contributed by atoms with Crippen molar-refractivity contribution in [2.45, 2.75) is 26.2 Å². The van der Waals surface area contributed by atoms with Gasteiger partial charge >= 0.3 is 5.97 Å². The van der Waals surface area contributed by atoms with Gasteiger partial charge in [0.1, 0.15) is 11.5 Å². The van der Waals surface area contributed by atoms with Crippen molar-refractivity contribution in [1.82, 2.24) is 0 Å². The Kier molecular flexibility index (Phi) is 8.18. The second-order valence-corrected chi connectivity index (χ2v) is 7.10. The summed E-state index contributed by atoms with van der Waals surface area (Å²) in [5.41, 5.74) is 1.92. The fourth-order valence-corrected chi connectivity index (χ4v) is 2.91. The molecule has 4 nitrogen and oxygen atoms in total. The Balaban J connectivity index is 1.53. The van der Waals surface area contributed by atoms with E-state index >= 15 is 0 Å². The SMILES string of the molecule is CCCCCOc1ccc(C(=O)Oc2ccc(C(=O)/C=C/c3ccccc3)cc2)cc1. The second-order valence-electron chi connectivity index (χ2n) is 7.10. The molecular formula is C27H26O4. The Morgan fingerprint density at radius 2 is 1.42 bits per heavy atom. The van der Waals surface area contributed by atoms with Crippen LogP contribution in [0.25, 0.3) is 6.08 Å². The molecule has 0 saturated carbocycles. The fourth-order valence-electron chi connectivity index (χ4n) is 2.91. The van der Waals surface area contributed by atoms with E-state index in [4.69, 9.17) is 9.47 Å². The van der Waals surface area contributed by atoms with E-state index in [1.165, 1.54) is 6.08 Å². The van der Waals surface area contributed by atoms with Crippen LogP contribution >= 0.6 is 0 Å². The van der Waals surface area contributed by atoms with Gasteiger partial charge in [0.15, 0.2) is 5.78 Å². The predicted octanol–water partition coefficient (Wildman–Crippen LogP) is 6.37. The summed E-state index contributed by atoms with van der Waals surface area (Å²) in [4.78, 5) is 24.7. The van der Waals surface area contributed by atoms with E-state index in [2.05, 4.69) is 6.92 Å². The number of esters is 1. The van der Waals surface area contributed by atoms with E-state index < -0.39 is 5.97 Å². The molecule has 0 aliphatic carbocycles. The molecule has 0 amide bonds. The van der Waals surface area contributed by atoms with Crippen molar-refractivity contribution < 1.29 is 19.1 Å². The molecule has 0 unspecified atom stereocenters. The number of benzene rings is 3. The largest absolute Gasteiger partial charge is 0.494 e. The fraction of sp³-hybridized carbons (Fsp3) is 0.185. The van der Waals surface area contributed by atoms with Gasteiger partial charge in [-0.2, -0.15) is 0 Å². The molecule has 0 aliphatic heterocycles. The van der Waals surface area contributed by atoms with E-state index in [9.17, 15) is 9.59 Å². The third-order valence-electron chi connectivity index (χ3n) is 4.68. The van der Waals surface area contributed by atoms with Gasteiger partial charge in [-0.1, -0.05) is 56.2 Å². The Morgan fingerprint density at radius 3 is 2.10 bits per heavy atom. The first-order valence-corrected chi connectivity index (χ1v) is 10.5. The standard InChI is InChI=1S/C27H26O4/c1-2-3-7-20-30-24-15-13-23(14-16-24)27(29)31-25-17-11-22(12-18-25)26(28)19-10-21-8-5-4-6-9-21/h4-6,8-19H,2-3,7,20H2,1H3/b19-10+. The maximum atomic E-state index is 12.4. The maximum Gasteiger partial charge on any atom is 0.343 e. The number of rotatable bonds is 10. The number of ether oxygens (including phenoxy) is 2. The van der Waals surface area contributed by atoms with Crippen LogP contribution in [0.2, 0.25) is 0 Å². The summed E-state index contributed by atoms with van der Waals surface area (Å²) < 4.78 is 11.1. The zero-order valence-corrected chi connectivity index (χ0v) is 17.6. The number of allylic oxidation sites excluding steroid dienone is 1. The van der Waals surface area contributed by atoms with E-state index in [1.807, 2.05) is 30.3 Å². The highest BCUT2D eigenvalue weighted by Gasteiger charge is 2.10. The van der Waals surface area contributed by atoms with Crippen LogP contribution in [0.3, 0.4) is 0 Å². The Hall–Kier alpha value is -3.66. The van der Waals surface area contributed by atoms with Gasteiger partial charge in [0, 0.05) is 5.56 Å². The lowest BCUT2D eigenvalue weighted by Crippen LogP contribution is -2.08. The van der Waals surface area contributed by atoms with E-state index in [-0.39, 0.29) is 5.78 Å². The minimum absolute atomic E-state index is 0.115. The molecule has 31 heavy (non-hydrogen) atoms. The van der Waals surface area contributed by atoms with Crippen LogP contribution in [0.5, 0.6) is 11.5 Å². The van der Waals surface area contributed by atoms with Crippen LogP contribution in [0, 0.1) is 0 Å². The zero-order valence-electron chi connectivity index (χ0n) is 17.6. The molecule has 0 aliphatic rings. The van der Waals surface area contributed by atoms with Gasteiger partial charge in [-0.25, -0.2) is 4.79 Å². The first-order valence-electron chi connectivity index (χ1n) is 10.5. The summed E-state index contributed by atoms with van der Waals surface area (Å²) in [5.74, 6) is 0.546. The van der Waals surface area contributed by atoms with Crippen molar-refractivity contribution in [1.29, 1.82) is 0 Å². The van der Waals surface area contributed by atoms with Crippen LogP contribution in [0.1, 0.15) is 52.5 Å². The number of ketones is 1. The number of carbonyl (C=O) groups is 2. The van der Waals surface area contributed by atoms with Gasteiger partial charge in [0.25, 0.3) is 0 Å². The smallest absolute Gasteiger partial charge is 0.343 e. The van der Waals surface area contributed by atoms with Crippen LogP contribution in [-0.2, 0) is 0 Å². The lowest BCUT2D eigenvalue weighted by molar-refractivity contribution is 0.0734. The van der Waals surface area contributed by atoms with Gasteiger partial charge < -0.3 is 9.47 Å². The lowest BCUT2D eigenvalue weighted by atomic mass is 10.1. The molecule has 3 aromatic rings. The summed E-state index contributed by atoms with van der Waals surface area (Å²) in [7, 11) is 0. The summed E-state index contributed by atoms with van der Waals surface area (Å²) in [5, 5.41) is 0. The van der Waals surface area contributed by atoms with Crippen LogP contribution < -0.4 is 9.47 Å². The number of hydrogen-bond donors (Lipinski definition) is 0. The summed E-state index contributed by atoms with van der Waals surface area (Å²) in [6.45, 7) is 2.82. The molecule has 0 bridgehead atoms. The highest BCUT2D eigenvalue weighted by molar-refractivity contribution is 6.06. The molecule has 0 saturated heterocycles. The number of unbranched alkanes of at least 4 members (excludes halogenated alkanes) is 2. The van der Waals surface area contributed by atoms with Gasteiger partial charge in [-0.05, 0) is 66.6 Å². The van der Waals surface area contributed by atoms with Crippen molar-refractivity contribution in [3.05, 3.63) is 102 Å². The normalized spacial score (nSPS) is 10.7. The first-order chi connectivity index (χ1) is 15.2. The van der Waals surface area contributed by atoms with E-state index in [0.717, 1.165) is 30.6 Å². The highest BCUT2D eigenvalue weighted by atomic mass is 16.5. The van der Waals surface area contributed by atoms with Crippen molar-refractivity contribution in [3.8, 4) is 11.5 Å². The molecule has 3 aromatic carbocycles. The second kappa shape index (κ2) is 11.5. The maximum absolute atomic E-state index is 12.4. The van der Waals surface area contributed by atoms with Crippen molar-refractivity contribution >= 4 is 17.8 Å². The molecule has 0 spiro atoms. The molecule has 0 heterocycles. The third kappa shape index (κ3) is 6.96. The Labute approximate surface area is 183 Å². The average molecular weight is 415 g/mol. The molecule has 0 N–H and O–H groups in total. The molecule has 0 fully saturated rings. The predicted molar refractivity (Wildman–Crippen MR) is 123 cm³/mol. The molecule has 158 valence electrons. The van der Waals surface area contributed by atoms with Crippen molar-refractivity contribution in [2.75, 3.05) is 6.61 Å². The molecule has 4 heteroatoms. The molecule has 0 radical (unpaired) electrons. The summed E-state index contributed by atoms with van der Waals surface area (Å²) >= 11 is 0. The summed E-state index contributed by atoms with van der Waals surface area (Å²) in [6, 6.07) is 23.1. The zero-order chi connectivity index (χ0) is 21.9. The Bertz CT molecular complexity index is 1000. The Morgan fingerprint density at radius 1 is 0.774 bits per heavy atom. The van der Waals surface area contributed by atoms with Crippen molar-refractivity contribution in [2.24, 2.45) is 0 Å². The molecular weight excluding hydrogens is 388 g/mol. The van der Waals surface area contributed by atoms with Gasteiger partial charge in [-0.15, -0.1) is 0 Å². The molecule has 0 atom stereocenters. The monoisotopic (exact) mass is 414 g/mol. The first kappa shape index (κ1) is 22.0. The van der Waals surface area contributed by atoms with Crippen LogP contribution in [0.4, 0.5) is 0 Å². The molecule has 0 aromatic heterocycles. The highest BCUT2D eigenvalue weighted by Crippen LogP contribution is 2.18. The topological polar surface area (TPSA) is 52.6 Å². The van der Waals surface area contributed by atoms with E-state index in [1.54, 1.807) is 54.6 Å². The minimum atomic E-state index is -0.458. The minimum Gasteiger partial charge on any atom is -0.494 e. The summed E-state index contributed by atoms with van der Waals surface area (Å²) in [6.07, 6.45) is 6.60. The quantitative estimate of drug-likeness (QED) is 0.127. The number of carbonyl (C=O) groups excluding carboxylic acids is 2. The molecule has 3 rings (SSSR count). The van der Waals surface area contributed by atoms with Gasteiger partial charge in [-0.3, -0.25) is 4.79 Å². The average Bonchev–Trinajstić information content (AvgIpc) is 2.82. The van der Waals surface area contributed by atoms with Crippen LogP contribution in [-0.4, -0.2) is 18.4 Å². The van der Waals surface area contributed by atoms with Crippen LogP contribution in [0.15, 0.2) is 84.9 Å². The van der Waals surface area contributed by atoms with E-state index in [0.29, 0.717) is 23.5 Å². The number of hydrogen-bond acceptors (Lipinski definition) is 4. The van der Waals surface area contributed by atoms with Gasteiger partial charge in [0.05, 0.1) is 12.2 Å². The van der Waals surface area contributed by atoms with Gasteiger partial charge in [0.2, 0.25) is 0 Å². The third-order valence-corrected chi connectivity index (χ3v) is 4.68. The van der Waals surface area contributed by atoms with Crippen molar-refractivity contribution in [3.63, 3.8) is 0 Å².